The summed E-state index contributed by atoms with van der Waals surface area (Å²) in [6.45, 7) is 1.91. The van der Waals surface area contributed by atoms with Crippen molar-refractivity contribution in [2.75, 3.05) is 0 Å². The number of aliphatic carboxylic acids is 1. The van der Waals surface area contributed by atoms with Crippen LogP contribution in [0, 0.1) is 6.92 Å². The van der Waals surface area contributed by atoms with Crippen LogP contribution in [0.15, 0.2) is 10.5 Å². The second-order valence-corrected chi connectivity index (χ2v) is 4.94. The van der Waals surface area contributed by atoms with Gasteiger partial charge < -0.3 is 5.11 Å². The second kappa shape index (κ2) is 4.70. The number of thiophene rings is 1. The zero-order valence-corrected chi connectivity index (χ0v) is 9.94. The Morgan fingerprint density at radius 2 is 2.14 bits per heavy atom. The third kappa shape index (κ3) is 2.92. The third-order valence-electron chi connectivity index (χ3n) is 1.70. The molecule has 3 nitrogen and oxygen atoms in total. The molecule has 1 aromatic rings. The Bertz CT molecular complexity index is 351. The molecule has 0 bridgehead atoms. The number of hydrogen-bond donors (Lipinski definition) is 1. The molecule has 0 aliphatic carbocycles. The van der Waals surface area contributed by atoms with Crippen molar-refractivity contribution in [3.63, 3.8) is 0 Å². The number of carbonyl (C=O) groups excluding carboxylic acids is 1. The van der Waals surface area contributed by atoms with Crippen molar-refractivity contribution in [2.24, 2.45) is 0 Å². The van der Waals surface area contributed by atoms with Gasteiger partial charge in [0, 0.05) is 15.8 Å². The number of ketones is 1. The first-order valence-electron chi connectivity index (χ1n) is 4.01. The molecule has 0 amide bonds. The van der Waals surface area contributed by atoms with Gasteiger partial charge in [-0.05, 0) is 28.9 Å². The zero-order chi connectivity index (χ0) is 10.7. The Hall–Kier alpha value is -0.680. The predicted molar refractivity (Wildman–Crippen MR) is 58.0 cm³/mol. The van der Waals surface area contributed by atoms with Gasteiger partial charge in [0.15, 0.2) is 5.78 Å². The van der Waals surface area contributed by atoms with E-state index in [1.165, 1.54) is 11.3 Å². The van der Waals surface area contributed by atoms with E-state index in [4.69, 9.17) is 5.11 Å². The minimum Gasteiger partial charge on any atom is -0.481 e. The minimum atomic E-state index is -0.939. The second-order valence-electron chi connectivity index (χ2n) is 2.83. The lowest BCUT2D eigenvalue weighted by molar-refractivity contribution is -0.136. The Labute approximate surface area is 93.9 Å². The molecule has 1 heterocycles. The Morgan fingerprint density at radius 3 is 2.57 bits per heavy atom. The SMILES string of the molecule is Cc1sc(C(=O)CCC(=O)O)cc1Br. The number of carboxylic acids is 1. The van der Waals surface area contributed by atoms with E-state index in [1.807, 2.05) is 6.92 Å². The topological polar surface area (TPSA) is 54.4 Å². The molecule has 0 fully saturated rings. The molecular formula is C9H9BrO3S. The maximum Gasteiger partial charge on any atom is 0.303 e. The Balaban J connectivity index is 2.65. The van der Waals surface area contributed by atoms with E-state index >= 15 is 0 Å². The summed E-state index contributed by atoms with van der Waals surface area (Å²) in [6.07, 6.45) is -0.0326. The number of hydrogen-bond acceptors (Lipinski definition) is 3. The van der Waals surface area contributed by atoms with Crippen molar-refractivity contribution >= 4 is 39.0 Å². The molecule has 0 saturated carbocycles. The number of aryl methyl sites for hydroxylation is 1. The van der Waals surface area contributed by atoms with E-state index in [0.29, 0.717) is 4.88 Å². The van der Waals surface area contributed by atoms with E-state index < -0.39 is 5.97 Å². The van der Waals surface area contributed by atoms with Crippen molar-refractivity contribution in [3.8, 4) is 0 Å². The van der Waals surface area contributed by atoms with Crippen LogP contribution in [-0.2, 0) is 4.79 Å². The van der Waals surface area contributed by atoms with E-state index in [9.17, 15) is 9.59 Å². The maximum absolute atomic E-state index is 11.4. The number of Topliss-reactive ketones (excluding diaryl/α,β-unsaturated/α-hetero) is 1. The van der Waals surface area contributed by atoms with Crippen molar-refractivity contribution in [1.29, 1.82) is 0 Å². The molecule has 14 heavy (non-hydrogen) atoms. The van der Waals surface area contributed by atoms with Gasteiger partial charge in [0.1, 0.15) is 0 Å². The summed E-state index contributed by atoms with van der Waals surface area (Å²) in [5, 5.41) is 8.41. The number of carbonyl (C=O) groups is 2. The molecule has 0 aromatic carbocycles. The van der Waals surface area contributed by atoms with Crippen LogP contribution in [0.25, 0.3) is 0 Å². The minimum absolute atomic E-state index is 0.0712. The highest BCUT2D eigenvalue weighted by Gasteiger charge is 2.12. The monoisotopic (exact) mass is 276 g/mol. The lowest BCUT2D eigenvalue weighted by atomic mass is 10.2. The first-order chi connectivity index (χ1) is 6.50. The molecule has 0 radical (unpaired) electrons. The van der Waals surface area contributed by atoms with E-state index in [1.54, 1.807) is 6.07 Å². The van der Waals surface area contributed by atoms with Crippen LogP contribution in [0.5, 0.6) is 0 Å². The Kier molecular flexibility index (Phi) is 3.83. The molecule has 76 valence electrons. The summed E-state index contributed by atoms with van der Waals surface area (Å²) in [5.41, 5.74) is 0. The lowest BCUT2D eigenvalue weighted by Gasteiger charge is -1.93. The van der Waals surface area contributed by atoms with E-state index in [0.717, 1.165) is 9.35 Å². The largest absolute Gasteiger partial charge is 0.481 e. The van der Waals surface area contributed by atoms with Crippen molar-refractivity contribution in [1.82, 2.24) is 0 Å². The average molecular weight is 277 g/mol. The molecular weight excluding hydrogens is 268 g/mol. The van der Waals surface area contributed by atoms with E-state index in [-0.39, 0.29) is 18.6 Å². The molecule has 0 aliphatic rings. The summed E-state index contributed by atoms with van der Waals surface area (Å²) < 4.78 is 0.904. The molecule has 1 N–H and O–H groups in total. The van der Waals surface area contributed by atoms with Crippen LogP contribution in [-0.4, -0.2) is 16.9 Å². The van der Waals surface area contributed by atoms with Gasteiger partial charge in [-0.1, -0.05) is 0 Å². The number of halogens is 1. The summed E-state index contributed by atoms with van der Waals surface area (Å²) in [4.78, 5) is 23.3. The smallest absolute Gasteiger partial charge is 0.303 e. The Morgan fingerprint density at radius 1 is 1.50 bits per heavy atom. The first-order valence-corrected chi connectivity index (χ1v) is 5.62. The van der Waals surface area contributed by atoms with Crippen molar-refractivity contribution in [3.05, 3.63) is 20.3 Å². The van der Waals surface area contributed by atoms with Gasteiger partial charge in [-0.15, -0.1) is 11.3 Å². The van der Waals surface area contributed by atoms with Gasteiger partial charge >= 0.3 is 5.97 Å². The molecule has 1 rings (SSSR count). The molecule has 0 aliphatic heterocycles. The highest BCUT2D eigenvalue weighted by atomic mass is 79.9. The first kappa shape index (κ1) is 11.4. The highest BCUT2D eigenvalue weighted by Crippen LogP contribution is 2.27. The maximum atomic E-state index is 11.4. The van der Waals surface area contributed by atoms with Gasteiger partial charge in [0.25, 0.3) is 0 Å². The fourth-order valence-corrected chi connectivity index (χ4v) is 2.44. The fraction of sp³-hybridized carbons (Fsp3) is 0.333. The summed E-state index contributed by atoms with van der Waals surface area (Å²) in [7, 11) is 0. The van der Waals surface area contributed by atoms with Gasteiger partial charge in [-0.2, -0.15) is 0 Å². The number of carboxylic acid groups (broad SMARTS) is 1. The molecule has 0 unspecified atom stereocenters. The van der Waals surface area contributed by atoms with Gasteiger partial charge in [0.05, 0.1) is 11.3 Å². The van der Waals surface area contributed by atoms with Gasteiger partial charge in [-0.3, -0.25) is 9.59 Å². The van der Waals surface area contributed by atoms with Crippen molar-refractivity contribution in [2.45, 2.75) is 19.8 Å². The quantitative estimate of drug-likeness (QED) is 0.861. The fourth-order valence-electron chi connectivity index (χ4n) is 0.941. The summed E-state index contributed by atoms with van der Waals surface area (Å²) >= 11 is 4.69. The molecule has 1 aromatic heterocycles. The molecule has 0 atom stereocenters. The standard InChI is InChI=1S/C9H9BrO3S/c1-5-6(10)4-8(14-5)7(11)2-3-9(12)13/h4H,2-3H2,1H3,(H,12,13). The molecule has 5 heteroatoms. The van der Waals surface area contributed by atoms with Crippen molar-refractivity contribution < 1.29 is 14.7 Å². The highest BCUT2D eigenvalue weighted by molar-refractivity contribution is 9.10. The van der Waals surface area contributed by atoms with E-state index in [2.05, 4.69) is 15.9 Å². The molecule has 0 spiro atoms. The van der Waals surface area contributed by atoms with Gasteiger partial charge in [0.2, 0.25) is 0 Å². The van der Waals surface area contributed by atoms with Crippen LogP contribution in [0.1, 0.15) is 27.4 Å². The average Bonchev–Trinajstić information content (AvgIpc) is 2.43. The van der Waals surface area contributed by atoms with Crippen LogP contribution in [0.4, 0.5) is 0 Å². The van der Waals surface area contributed by atoms with Crippen LogP contribution in [0.3, 0.4) is 0 Å². The predicted octanol–water partition coefficient (Wildman–Crippen LogP) is 2.87. The van der Waals surface area contributed by atoms with Crippen LogP contribution in [0.2, 0.25) is 0 Å². The third-order valence-corrected chi connectivity index (χ3v) is 3.88. The van der Waals surface area contributed by atoms with Gasteiger partial charge in [-0.25, -0.2) is 0 Å². The number of rotatable bonds is 4. The lowest BCUT2D eigenvalue weighted by Crippen LogP contribution is -2.01. The summed E-state index contributed by atoms with van der Waals surface area (Å²) in [6, 6.07) is 1.74. The zero-order valence-electron chi connectivity index (χ0n) is 7.54. The normalized spacial score (nSPS) is 10.1. The molecule has 0 saturated heterocycles. The summed E-state index contributed by atoms with van der Waals surface area (Å²) in [5.74, 6) is -1.04. The van der Waals surface area contributed by atoms with Crippen LogP contribution >= 0.6 is 27.3 Å². The van der Waals surface area contributed by atoms with Crippen LogP contribution < -0.4 is 0 Å².